The van der Waals surface area contributed by atoms with Crippen molar-refractivity contribution in [2.24, 2.45) is 0 Å². The monoisotopic (exact) mass is 524 g/mol. The van der Waals surface area contributed by atoms with E-state index in [1.165, 1.54) is 24.3 Å². The summed E-state index contributed by atoms with van der Waals surface area (Å²) in [6.07, 6.45) is -5.24. The number of carbonyl (C=O) groups excluding carboxylic acids is 2. The molecule has 2 atom stereocenters. The van der Waals surface area contributed by atoms with E-state index >= 15 is 0 Å². The number of benzene rings is 3. The van der Waals surface area contributed by atoms with Crippen LogP contribution in [0.3, 0.4) is 0 Å². The van der Waals surface area contributed by atoms with Gasteiger partial charge in [0.2, 0.25) is 5.60 Å². The number of hydrogen-bond donors (Lipinski definition) is 3. The van der Waals surface area contributed by atoms with Crippen LogP contribution in [0.1, 0.15) is 34.4 Å². The molecule has 2 aliphatic rings. The fourth-order valence-corrected chi connectivity index (χ4v) is 4.54. The van der Waals surface area contributed by atoms with Gasteiger partial charge in [-0.15, -0.1) is 0 Å². The number of aliphatic hydroxyl groups is 1. The number of carbonyl (C=O) groups is 2. The summed E-state index contributed by atoms with van der Waals surface area (Å²) < 4.78 is 78.0. The van der Waals surface area contributed by atoms with Gasteiger partial charge in [0.15, 0.2) is 0 Å². The number of urea groups is 1. The van der Waals surface area contributed by atoms with Crippen LogP contribution in [0.25, 0.3) is 0 Å². The van der Waals surface area contributed by atoms with Crippen molar-refractivity contribution in [3.05, 3.63) is 93.5 Å². The molecule has 5 rings (SSSR count). The van der Waals surface area contributed by atoms with Gasteiger partial charge in [0, 0.05) is 33.0 Å². The quantitative estimate of drug-likeness (QED) is 0.400. The van der Waals surface area contributed by atoms with Crippen molar-refractivity contribution in [3.63, 3.8) is 0 Å². The number of β-amino-alcohol motifs (C(OH)–C–C–N with tert-alkyl or cyclic N) is 1. The minimum absolute atomic E-state index is 0.0520. The lowest BCUT2D eigenvalue weighted by Gasteiger charge is -2.27. The number of rotatable bonds is 2. The van der Waals surface area contributed by atoms with Crippen molar-refractivity contribution in [1.82, 2.24) is 5.32 Å². The topological polar surface area (TPSA) is 81.7 Å². The van der Waals surface area contributed by atoms with Crippen LogP contribution in [0.15, 0.2) is 54.6 Å². The van der Waals surface area contributed by atoms with E-state index in [9.17, 15) is 36.6 Å². The third kappa shape index (κ3) is 3.66. The SMILES string of the molecule is [2H][C@]1(c2cc(F)ccc2Cl)NC(=O)c2cccc(NC(=O)N3C[C@](O)(C(F)(F)F)c4cc(F)ccc43)c21. The maximum atomic E-state index is 14.0. The van der Waals surface area contributed by atoms with E-state index in [0.29, 0.717) is 11.0 Å². The second kappa shape index (κ2) is 8.17. The molecule has 0 saturated carbocycles. The predicted octanol–water partition coefficient (Wildman–Crippen LogP) is 5.25. The zero-order valence-electron chi connectivity index (χ0n) is 18.9. The average Bonchev–Trinajstić information content (AvgIpc) is 3.28. The maximum Gasteiger partial charge on any atom is 0.423 e. The van der Waals surface area contributed by atoms with Crippen LogP contribution in [0.5, 0.6) is 0 Å². The Morgan fingerprint density at radius 2 is 1.86 bits per heavy atom. The number of halogens is 6. The first-order valence-corrected chi connectivity index (χ1v) is 10.7. The van der Waals surface area contributed by atoms with E-state index in [4.69, 9.17) is 13.0 Å². The Hall–Kier alpha value is -3.70. The van der Waals surface area contributed by atoms with Crippen LogP contribution in [0, 0.1) is 11.6 Å². The van der Waals surface area contributed by atoms with E-state index in [-0.39, 0.29) is 33.1 Å². The number of amides is 3. The van der Waals surface area contributed by atoms with Crippen LogP contribution < -0.4 is 15.5 Å². The minimum Gasteiger partial charge on any atom is -0.375 e. The lowest BCUT2D eigenvalue weighted by molar-refractivity contribution is -0.258. The van der Waals surface area contributed by atoms with Gasteiger partial charge in [-0.2, -0.15) is 13.2 Å². The summed E-state index contributed by atoms with van der Waals surface area (Å²) in [6, 6.07) is 6.14. The molecule has 6 nitrogen and oxygen atoms in total. The van der Waals surface area contributed by atoms with Crippen molar-refractivity contribution < 1.29 is 38.0 Å². The Morgan fingerprint density at radius 1 is 1.17 bits per heavy atom. The van der Waals surface area contributed by atoms with E-state index in [1.807, 2.05) is 0 Å². The van der Waals surface area contributed by atoms with Crippen molar-refractivity contribution >= 4 is 34.9 Å². The lowest BCUT2D eigenvalue weighted by atomic mass is 9.95. The molecule has 2 heterocycles. The molecular weight excluding hydrogens is 509 g/mol. The molecule has 2 aliphatic heterocycles. The first-order chi connectivity index (χ1) is 17.3. The second-order valence-corrected chi connectivity index (χ2v) is 8.62. The predicted molar refractivity (Wildman–Crippen MR) is 120 cm³/mol. The highest BCUT2D eigenvalue weighted by atomic mass is 35.5. The highest BCUT2D eigenvalue weighted by molar-refractivity contribution is 6.31. The summed E-state index contributed by atoms with van der Waals surface area (Å²) in [5, 5.41) is 15.1. The molecular formula is C24H15ClF5N3O3. The van der Waals surface area contributed by atoms with Crippen LogP contribution in [-0.2, 0) is 5.60 Å². The van der Waals surface area contributed by atoms with Crippen molar-refractivity contribution in [1.29, 1.82) is 0 Å². The molecule has 0 aromatic heterocycles. The van der Waals surface area contributed by atoms with Crippen LogP contribution >= 0.6 is 11.6 Å². The third-order valence-corrected chi connectivity index (χ3v) is 6.36. The number of fused-ring (bicyclic) bond motifs is 2. The Balaban J connectivity index is 1.58. The molecule has 0 saturated heterocycles. The lowest BCUT2D eigenvalue weighted by Crippen LogP contribution is -2.48. The van der Waals surface area contributed by atoms with Gasteiger partial charge in [0.1, 0.15) is 11.6 Å². The van der Waals surface area contributed by atoms with Gasteiger partial charge in [0.25, 0.3) is 5.91 Å². The van der Waals surface area contributed by atoms with Crippen LogP contribution in [-0.4, -0.2) is 29.8 Å². The molecule has 0 radical (unpaired) electrons. The van der Waals surface area contributed by atoms with Crippen molar-refractivity contribution in [2.45, 2.75) is 17.8 Å². The molecule has 0 unspecified atom stereocenters. The van der Waals surface area contributed by atoms with E-state index in [1.54, 1.807) is 0 Å². The Labute approximate surface area is 206 Å². The summed E-state index contributed by atoms with van der Waals surface area (Å²) in [5.74, 6) is -2.52. The zero-order chi connectivity index (χ0) is 26.9. The Kier molecular flexibility index (Phi) is 5.16. The maximum absolute atomic E-state index is 14.0. The summed E-state index contributed by atoms with van der Waals surface area (Å²) in [7, 11) is 0. The van der Waals surface area contributed by atoms with Gasteiger partial charge in [-0.25, -0.2) is 13.6 Å². The third-order valence-electron chi connectivity index (χ3n) is 6.03. The van der Waals surface area contributed by atoms with Gasteiger partial charge < -0.3 is 15.7 Å². The zero-order valence-corrected chi connectivity index (χ0v) is 18.6. The number of nitrogens with zero attached hydrogens (tertiary/aromatic N) is 1. The fraction of sp³-hybridized carbons (Fsp3) is 0.167. The number of nitrogens with one attached hydrogen (secondary N) is 2. The summed E-state index contributed by atoms with van der Waals surface area (Å²) in [4.78, 5) is 26.4. The van der Waals surface area contributed by atoms with Gasteiger partial charge >= 0.3 is 12.2 Å². The van der Waals surface area contributed by atoms with Gasteiger partial charge in [0.05, 0.1) is 19.6 Å². The summed E-state index contributed by atoms with van der Waals surface area (Å²) in [6.45, 7) is -1.27. The van der Waals surface area contributed by atoms with Gasteiger partial charge in [-0.05, 0) is 48.5 Å². The molecule has 3 aromatic rings. The number of hydrogen-bond acceptors (Lipinski definition) is 3. The molecule has 12 heteroatoms. The minimum atomic E-state index is -5.24. The molecule has 0 bridgehead atoms. The highest BCUT2D eigenvalue weighted by Gasteiger charge is 2.61. The molecule has 186 valence electrons. The fourth-order valence-electron chi connectivity index (χ4n) is 4.33. The van der Waals surface area contributed by atoms with Gasteiger partial charge in [-0.3, -0.25) is 9.69 Å². The molecule has 0 aliphatic carbocycles. The molecule has 0 fully saturated rings. The Bertz CT molecular complexity index is 1490. The second-order valence-electron chi connectivity index (χ2n) is 8.22. The van der Waals surface area contributed by atoms with E-state index in [0.717, 1.165) is 24.3 Å². The normalized spacial score (nSPS) is 23.1. The number of anilines is 2. The summed E-state index contributed by atoms with van der Waals surface area (Å²) >= 11 is 6.19. The molecule has 3 amide bonds. The van der Waals surface area contributed by atoms with Crippen LogP contribution in [0.2, 0.25) is 5.02 Å². The first-order valence-electron chi connectivity index (χ1n) is 10.9. The molecule has 3 N–H and O–H groups in total. The van der Waals surface area contributed by atoms with E-state index < -0.39 is 53.5 Å². The van der Waals surface area contributed by atoms with Crippen molar-refractivity contribution in [2.75, 3.05) is 16.8 Å². The van der Waals surface area contributed by atoms with Crippen molar-refractivity contribution in [3.8, 4) is 0 Å². The largest absolute Gasteiger partial charge is 0.423 e. The summed E-state index contributed by atoms with van der Waals surface area (Å²) in [5.41, 5.74) is -5.22. The van der Waals surface area contributed by atoms with Gasteiger partial charge in [-0.1, -0.05) is 17.7 Å². The smallest absolute Gasteiger partial charge is 0.375 e. The molecule has 36 heavy (non-hydrogen) atoms. The van der Waals surface area contributed by atoms with Crippen LogP contribution in [0.4, 0.5) is 38.1 Å². The highest BCUT2D eigenvalue weighted by Crippen LogP contribution is 2.49. The number of alkyl halides is 3. The first kappa shape index (κ1) is 22.7. The Morgan fingerprint density at radius 3 is 2.58 bits per heavy atom. The average molecular weight is 525 g/mol. The standard InChI is InChI=1S/C24H15ClF5N3O3/c25-16-6-4-11(26)8-14(16)20-19-13(21(34)32-20)2-1-3-17(19)31-22(35)33-10-23(36,24(28,29)30)15-9-12(27)5-7-18(15)33/h1-9,20,36H,10H2,(H,31,35)(H,32,34)/t20-,23-/m1/s1/i20D. The van der Waals surface area contributed by atoms with E-state index in [2.05, 4.69) is 10.6 Å². The molecule has 3 aromatic carbocycles. The molecule has 0 spiro atoms.